The summed E-state index contributed by atoms with van der Waals surface area (Å²) >= 11 is 0. The highest BCUT2D eigenvalue weighted by atomic mass is 35.5. The van der Waals surface area contributed by atoms with Gasteiger partial charge in [0.15, 0.2) is 5.82 Å². The molecule has 0 saturated carbocycles. The van der Waals surface area contributed by atoms with Crippen molar-refractivity contribution in [3.05, 3.63) is 47.4 Å². The third kappa shape index (κ3) is 3.52. The summed E-state index contributed by atoms with van der Waals surface area (Å²) in [6.07, 6.45) is 1.33. The fourth-order valence-corrected chi connectivity index (χ4v) is 2.01. The number of benzene rings is 1. The summed E-state index contributed by atoms with van der Waals surface area (Å²) < 4.78 is 18.2. The summed E-state index contributed by atoms with van der Waals surface area (Å²) in [6.45, 7) is 2.03. The van der Waals surface area contributed by atoms with Crippen LogP contribution in [0.25, 0.3) is 0 Å². The van der Waals surface area contributed by atoms with Crippen LogP contribution in [0.4, 0.5) is 4.39 Å². The Morgan fingerprint density at radius 2 is 2.21 bits per heavy atom. The summed E-state index contributed by atoms with van der Waals surface area (Å²) in [5.41, 5.74) is 0.854. The Kier molecular flexibility index (Phi) is 4.50. The maximum atomic E-state index is 13.0. The molecule has 0 amide bonds. The summed E-state index contributed by atoms with van der Waals surface area (Å²) in [4.78, 5) is 4.33. The summed E-state index contributed by atoms with van der Waals surface area (Å²) in [7, 11) is 0. The van der Waals surface area contributed by atoms with Crippen molar-refractivity contribution in [2.75, 3.05) is 13.1 Å². The maximum absolute atomic E-state index is 13.0. The van der Waals surface area contributed by atoms with Gasteiger partial charge >= 0.3 is 0 Å². The smallest absolute Gasteiger partial charge is 0.227 e. The lowest BCUT2D eigenvalue weighted by molar-refractivity contribution is 0.295. The monoisotopic (exact) mass is 283 g/mol. The second-order valence-corrected chi connectivity index (χ2v) is 4.64. The Hall–Kier alpha value is -1.46. The molecule has 2 heterocycles. The van der Waals surface area contributed by atoms with Crippen molar-refractivity contribution in [3.8, 4) is 0 Å². The van der Waals surface area contributed by atoms with Crippen LogP contribution in [0.15, 0.2) is 28.8 Å². The van der Waals surface area contributed by atoms with Crippen molar-refractivity contribution < 1.29 is 8.91 Å². The maximum Gasteiger partial charge on any atom is 0.227 e. The number of aromatic nitrogens is 2. The van der Waals surface area contributed by atoms with Crippen LogP contribution in [0.5, 0.6) is 0 Å². The molecule has 1 saturated heterocycles. The number of hydrogen-bond acceptors (Lipinski definition) is 4. The minimum Gasteiger partial charge on any atom is -0.339 e. The zero-order chi connectivity index (χ0) is 12.4. The van der Waals surface area contributed by atoms with Gasteiger partial charge in [0, 0.05) is 12.8 Å². The van der Waals surface area contributed by atoms with Gasteiger partial charge in [-0.3, -0.25) is 0 Å². The van der Waals surface area contributed by atoms with Crippen molar-refractivity contribution in [2.24, 2.45) is 5.92 Å². The van der Waals surface area contributed by atoms with Crippen molar-refractivity contribution in [1.29, 1.82) is 0 Å². The zero-order valence-electron chi connectivity index (χ0n) is 10.3. The van der Waals surface area contributed by atoms with Crippen LogP contribution < -0.4 is 5.32 Å². The fraction of sp³-hybridized carbons (Fsp3) is 0.385. The first kappa shape index (κ1) is 14.0. The molecule has 1 N–H and O–H groups in total. The minimum absolute atomic E-state index is 0. The molecule has 1 aliphatic heterocycles. The van der Waals surface area contributed by atoms with Gasteiger partial charge in [-0.1, -0.05) is 17.3 Å². The van der Waals surface area contributed by atoms with Crippen LogP contribution in [0.1, 0.15) is 17.3 Å². The summed E-state index contributed by atoms with van der Waals surface area (Å²) in [6, 6.07) is 6.46. The molecule has 0 unspecified atom stereocenters. The van der Waals surface area contributed by atoms with Crippen molar-refractivity contribution in [3.63, 3.8) is 0 Å². The van der Waals surface area contributed by atoms with E-state index in [1.165, 1.54) is 12.1 Å². The second-order valence-electron chi connectivity index (χ2n) is 4.64. The van der Waals surface area contributed by atoms with Gasteiger partial charge in [0.2, 0.25) is 5.89 Å². The molecule has 0 aliphatic carbocycles. The highest BCUT2D eigenvalue weighted by Gasteiger charge is 2.20. The third-order valence-corrected chi connectivity index (χ3v) is 3.09. The molecule has 6 heteroatoms. The molecule has 0 spiro atoms. The van der Waals surface area contributed by atoms with Gasteiger partial charge in [0.05, 0.1) is 0 Å². The molecule has 1 aromatic carbocycles. The molecular weight excluding hydrogens is 269 g/mol. The zero-order valence-corrected chi connectivity index (χ0v) is 11.1. The lowest BCUT2D eigenvalue weighted by Gasteiger charge is -2.25. The molecule has 1 fully saturated rings. The van der Waals surface area contributed by atoms with E-state index < -0.39 is 0 Å². The molecule has 102 valence electrons. The molecule has 0 radical (unpaired) electrons. The standard InChI is InChI=1S/C13H14FN3O.ClH/c14-11-3-1-2-9(4-11)5-12-16-13(18-17-12)6-10-7-15-8-10;/h1-4,10,15H,5-8H2;1H. The van der Waals surface area contributed by atoms with E-state index in [9.17, 15) is 4.39 Å². The van der Waals surface area contributed by atoms with E-state index in [1.807, 2.05) is 6.07 Å². The lowest BCUT2D eigenvalue weighted by Crippen LogP contribution is -2.43. The van der Waals surface area contributed by atoms with Crippen molar-refractivity contribution in [2.45, 2.75) is 12.8 Å². The molecule has 2 aromatic rings. The number of nitrogens with one attached hydrogen (secondary N) is 1. The first-order valence-electron chi connectivity index (χ1n) is 6.06. The molecule has 4 nitrogen and oxygen atoms in total. The van der Waals surface area contributed by atoms with Crippen LogP contribution >= 0.6 is 12.4 Å². The van der Waals surface area contributed by atoms with Gasteiger partial charge in [-0.15, -0.1) is 12.4 Å². The summed E-state index contributed by atoms with van der Waals surface area (Å²) in [5, 5.41) is 7.13. The Labute approximate surface area is 116 Å². The van der Waals surface area contributed by atoms with Gasteiger partial charge in [-0.25, -0.2) is 4.39 Å². The van der Waals surface area contributed by atoms with Crippen LogP contribution in [-0.2, 0) is 12.8 Å². The van der Waals surface area contributed by atoms with Crippen molar-refractivity contribution >= 4 is 12.4 Å². The van der Waals surface area contributed by atoms with Gasteiger partial charge in [0.1, 0.15) is 5.82 Å². The Morgan fingerprint density at radius 1 is 1.37 bits per heavy atom. The van der Waals surface area contributed by atoms with Crippen LogP contribution in [0.3, 0.4) is 0 Å². The Morgan fingerprint density at radius 3 is 2.89 bits per heavy atom. The largest absolute Gasteiger partial charge is 0.339 e. The summed E-state index contributed by atoms with van der Waals surface area (Å²) in [5.74, 6) is 1.65. The number of rotatable bonds is 4. The number of halogens is 2. The average Bonchev–Trinajstić information content (AvgIpc) is 2.71. The molecule has 1 aromatic heterocycles. The number of nitrogens with zero attached hydrogens (tertiary/aromatic N) is 2. The van der Waals surface area contributed by atoms with Gasteiger partial charge in [0.25, 0.3) is 0 Å². The normalized spacial score (nSPS) is 14.8. The Bertz CT molecular complexity index is 542. The van der Waals surface area contributed by atoms with E-state index >= 15 is 0 Å². The van der Waals surface area contributed by atoms with E-state index in [1.54, 1.807) is 6.07 Å². The van der Waals surface area contributed by atoms with Crippen molar-refractivity contribution in [1.82, 2.24) is 15.5 Å². The fourth-order valence-electron chi connectivity index (χ4n) is 2.01. The molecule has 1 aliphatic rings. The van der Waals surface area contributed by atoms with Crippen LogP contribution in [-0.4, -0.2) is 23.2 Å². The first-order chi connectivity index (χ1) is 8.79. The SMILES string of the molecule is Cl.Fc1cccc(Cc2noc(CC3CNC3)n2)c1. The quantitative estimate of drug-likeness (QED) is 0.932. The minimum atomic E-state index is -0.239. The molecule has 19 heavy (non-hydrogen) atoms. The van der Waals surface area contributed by atoms with Gasteiger partial charge < -0.3 is 9.84 Å². The predicted molar refractivity (Wildman–Crippen MR) is 70.8 cm³/mol. The lowest BCUT2D eigenvalue weighted by atomic mass is 10.00. The highest BCUT2D eigenvalue weighted by molar-refractivity contribution is 5.85. The molecule has 0 atom stereocenters. The van der Waals surface area contributed by atoms with E-state index in [-0.39, 0.29) is 18.2 Å². The predicted octanol–water partition coefficient (Wildman–Crippen LogP) is 1.98. The van der Waals surface area contributed by atoms with Gasteiger partial charge in [-0.05, 0) is 36.7 Å². The third-order valence-electron chi connectivity index (χ3n) is 3.09. The van der Waals surface area contributed by atoms with Crippen LogP contribution in [0, 0.1) is 11.7 Å². The second kappa shape index (κ2) is 6.12. The Balaban J connectivity index is 0.00000133. The van der Waals surface area contributed by atoms with E-state index in [4.69, 9.17) is 4.52 Å². The first-order valence-corrected chi connectivity index (χ1v) is 6.06. The van der Waals surface area contributed by atoms with E-state index in [0.717, 1.165) is 25.1 Å². The van der Waals surface area contributed by atoms with Crippen LogP contribution in [0.2, 0.25) is 0 Å². The number of hydrogen-bond donors (Lipinski definition) is 1. The van der Waals surface area contributed by atoms with E-state index in [0.29, 0.717) is 24.1 Å². The highest BCUT2D eigenvalue weighted by Crippen LogP contribution is 2.13. The average molecular weight is 284 g/mol. The van der Waals surface area contributed by atoms with Gasteiger partial charge in [-0.2, -0.15) is 4.98 Å². The molecular formula is C13H15ClFN3O. The van der Waals surface area contributed by atoms with E-state index in [2.05, 4.69) is 15.5 Å². The molecule has 0 bridgehead atoms. The molecule has 3 rings (SSSR count). The topological polar surface area (TPSA) is 51.0 Å².